The topological polar surface area (TPSA) is 96.2 Å². The van der Waals surface area contributed by atoms with Crippen molar-refractivity contribution in [3.8, 4) is 5.75 Å². The van der Waals surface area contributed by atoms with Gasteiger partial charge in [0.2, 0.25) is 11.8 Å². The standard InChI is InChI=1S/C27H30N4O4/c1-20-11-7-8-14-22(20)30(3)27(34)19-35-24-16-10-9-15-23(24)31(25(32)17-28)18-26(33)29(2)21-12-5-4-6-13-21/h4-16H,17-19,28H2,1-3H3. The van der Waals surface area contributed by atoms with Gasteiger partial charge in [0.1, 0.15) is 12.3 Å². The highest BCUT2D eigenvalue weighted by molar-refractivity contribution is 6.04. The predicted octanol–water partition coefficient (Wildman–Crippen LogP) is 2.99. The first-order chi connectivity index (χ1) is 16.8. The van der Waals surface area contributed by atoms with Crippen molar-refractivity contribution >= 4 is 34.8 Å². The van der Waals surface area contributed by atoms with Crippen LogP contribution in [0.5, 0.6) is 5.75 Å². The molecule has 0 aliphatic heterocycles. The number of para-hydroxylation sites is 4. The fourth-order valence-corrected chi connectivity index (χ4v) is 3.57. The molecule has 0 heterocycles. The first-order valence-electron chi connectivity index (χ1n) is 11.2. The minimum absolute atomic E-state index is 0.237. The Morgan fingerprint density at radius 3 is 2.00 bits per heavy atom. The first-order valence-corrected chi connectivity index (χ1v) is 11.2. The van der Waals surface area contributed by atoms with E-state index in [1.807, 2.05) is 49.4 Å². The molecular formula is C27H30N4O4. The number of nitrogens with two attached hydrogens (primary N) is 1. The van der Waals surface area contributed by atoms with Crippen molar-refractivity contribution in [3.05, 3.63) is 84.4 Å². The number of likely N-dealkylation sites (N-methyl/N-ethyl adjacent to an activating group) is 2. The van der Waals surface area contributed by atoms with Crippen LogP contribution in [0.4, 0.5) is 17.1 Å². The Morgan fingerprint density at radius 1 is 0.743 bits per heavy atom. The smallest absolute Gasteiger partial charge is 0.264 e. The SMILES string of the molecule is Cc1ccccc1N(C)C(=O)COc1ccccc1N(CC(=O)N(C)c1ccccc1)C(=O)CN. The molecule has 0 radical (unpaired) electrons. The Kier molecular flexibility index (Phi) is 8.58. The van der Waals surface area contributed by atoms with Gasteiger partial charge in [-0.1, -0.05) is 48.5 Å². The number of carbonyl (C=O) groups is 3. The van der Waals surface area contributed by atoms with Crippen molar-refractivity contribution in [2.75, 3.05) is 48.5 Å². The van der Waals surface area contributed by atoms with E-state index in [0.29, 0.717) is 17.1 Å². The van der Waals surface area contributed by atoms with Gasteiger partial charge in [-0.15, -0.1) is 0 Å². The van der Waals surface area contributed by atoms with E-state index in [1.54, 1.807) is 50.5 Å². The molecule has 0 fully saturated rings. The number of ether oxygens (including phenoxy) is 1. The van der Waals surface area contributed by atoms with Gasteiger partial charge in [-0.25, -0.2) is 0 Å². The van der Waals surface area contributed by atoms with Gasteiger partial charge in [0.15, 0.2) is 6.61 Å². The summed E-state index contributed by atoms with van der Waals surface area (Å²) in [7, 11) is 3.33. The Hall–Kier alpha value is -4.17. The second kappa shape index (κ2) is 11.8. The van der Waals surface area contributed by atoms with Crippen LogP contribution in [0.3, 0.4) is 0 Å². The molecule has 0 saturated carbocycles. The summed E-state index contributed by atoms with van der Waals surface area (Å²) in [6.07, 6.45) is 0. The van der Waals surface area contributed by atoms with E-state index < -0.39 is 5.91 Å². The van der Waals surface area contributed by atoms with Crippen molar-refractivity contribution in [1.29, 1.82) is 0 Å². The molecule has 0 aliphatic carbocycles. The summed E-state index contributed by atoms with van der Waals surface area (Å²) >= 11 is 0. The van der Waals surface area contributed by atoms with Gasteiger partial charge in [0.05, 0.1) is 12.2 Å². The van der Waals surface area contributed by atoms with E-state index in [0.717, 1.165) is 11.3 Å². The highest BCUT2D eigenvalue weighted by Crippen LogP contribution is 2.29. The van der Waals surface area contributed by atoms with Crippen molar-refractivity contribution < 1.29 is 19.1 Å². The molecule has 3 aromatic carbocycles. The van der Waals surface area contributed by atoms with Crippen LogP contribution in [0.15, 0.2) is 78.9 Å². The zero-order valence-electron chi connectivity index (χ0n) is 20.2. The molecule has 0 aliphatic rings. The lowest BCUT2D eigenvalue weighted by molar-refractivity contribution is -0.121. The van der Waals surface area contributed by atoms with Gasteiger partial charge in [0.25, 0.3) is 5.91 Å². The van der Waals surface area contributed by atoms with E-state index in [-0.39, 0.29) is 31.5 Å². The maximum atomic E-state index is 13.0. The fourth-order valence-electron chi connectivity index (χ4n) is 3.57. The minimum Gasteiger partial charge on any atom is -0.482 e. The van der Waals surface area contributed by atoms with Crippen molar-refractivity contribution in [3.63, 3.8) is 0 Å². The third-order valence-electron chi connectivity index (χ3n) is 5.64. The fraction of sp³-hybridized carbons (Fsp3) is 0.222. The van der Waals surface area contributed by atoms with Gasteiger partial charge in [-0.2, -0.15) is 0 Å². The maximum Gasteiger partial charge on any atom is 0.264 e. The molecule has 0 spiro atoms. The van der Waals surface area contributed by atoms with Gasteiger partial charge < -0.3 is 20.3 Å². The molecule has 2 N–H and O–H groups in total. The quantitative estimate of drug-likeness (QED) is 0.514. The predicted molar refractivity (Wildman–Crippen MR) is 138 cm³/mol. The van der Waals surface area contributed by atoms with Crippen LogP contribution < -0.4 is 25.2 Å². The highest BCUT2D eigenvalue weighted by atomic mass is 16.5. The molecular weight excluding hydrogens is 444 g/mol. The lowest BCUT2D eigenvalue weighted by Gasteiger charge is -2.27. The summed E-state index contributed by atoms with van der Waals surface area (Å²) in [5.74, 6) is -0.705. The summed E-state index contributed by atoms with van der Waals surface area (Å²) < 4.78 is 5.83. The number of rotatable bonds is 9. The lowest BCUT2D eigenvalue weighted by Crippen LogP contribution is -2.44. The van der Waals surface area contributed by atoms with Crippen LogP contribution >= 0.6 is 0 Å². The summed E-state index contributed by atoms with van der Waals surface area (Å²) in [6, 6.07) is 23.5. The number of aryl methyl sites for hydroxylation is 1. The van der Waals surface area contributed by atoms with Gasteiger partial charge in [-0.05, 0) is 42.8 Å². The van der Waals surface area contributed by atoms with Crippen LogP contribution in [0.1, 0.15) is 5.56 Å². The average Bonchev–Trinajstić information content (AvgIpc) is 2.90. The number of benzene rings is 3. The molecule has 0 unspecified atom stereocenters. The van der Waals surface area contributed by atoms with Crippen LogP contribution in [0.25, 0.3) is 0 Å². The number of carbonyl (C=O) groups excluding carboxylic acids is 3. The second-order valence-electron chi connectivity index (χ2n) is 7.97. The molecule has 35 heavy (non-hydrogen) atoms. The lowest BCUT2D eigenvalue weighted by atomic mass is 10.2. The summed E-state index contributed by atoms with van der Waals surface area (Å²) in [5.41, 5.74) is 8.46. The molecule has 8 heteroatoms. The van der Waals surface area contributed by atoms with Crippen molar-refractivity contribution in [2.24, 2.45) is 5.73 Å². The van der Waals surface area contributed by atoms with Gasteiger partial charge in [0, 0.05) is 25.5 Å². The molecule has 3 rings (SSSR count). The van der Waals surface area contributed by atoms with E-state index in [2.05, 4.69) is 0 Å². The van der Waals surface area contributed by atoms with Crippen molar-refractivity contribution in [1.82, 2.24) is 0 Å². The van der Waals surface area contributed by atoms with E-state index in [9.17, 15) is 14.4 Å². The average molecular weight is 475 g/mol. The maximum absolute atomic E-state index is 13.0. The Labute approximate surface area is 205 Å². The molecule has 3 aromatic rings. The molecule has 3 amide bonds. The molecule has 0 saturated heterocycles. The Bertz CT molecular complexity index is 1180. The summed E-state index contributed by atoms with van der Waals surface area (Å²) in [5, 5.41) is 0. The third-order valence-corrected chi connectivity index (χ3v) is 5.64. The molecule has 0 aromatic heterocycles. The van der Waals surface area contributed by atoms with Crippen LogP contribution in [0.2, 0.25) is 0 Å². The normalized spacial score (nSPS) is 10.4. The monoisotopic (exact) mass is 474 g/mol. The first kappa shape index (κ1) is 25.5. The van der Waals surface area contributed by atoms with Crippen molar-refractivity contribution in [2.45, 2.75) is 6.92 Å². The number of amides is 3. The van der Waals surface area contributed by atoms with E-state index in [1.165, 1.54) is 14.7 Å². The number of anilines is 3. The van der Waals surface area contributed by atoms with Gasteiger partial charge in [-0.3, -0.25) is 19.3 Å². The molecule has 8 nitrogen and oxygen atoms in total. The highest BCUT2D eigenvalue weighted by Gasteiger charge is 2.24. The zero-order valence-corrected chi connectivity index (χ0v) is 20.2. The zero-order chi connectivity index (χ0) is 25.4. The minimum atomic E-state index is -0.445. The molecule has 0 bridgehead atoms. The van der Waals surface area contributed by atoms with Crippen LogP contribution in [0, 0.1) is 6.92 Å². The largest absolute Gasteiger partial charge is 0.482 e. The number of hydrogen-bond acceptors (Lipinski definition) is 5. The molecule has 0 atom stereocenters. The Morgan fingerprint density at radius 2 is 1.34 bits per heavy atom. The van der Waals surface area contributed by atoms with Crippen LogP contribution in [-0.2, 0) is 14.4 Å². The van der Waals surface area contributed by atoms with Crippen LogP contribution in [-0.4, -0.2) is 51.5 Å². The second-order valence-corrected chi connectivity index (χ2v) is 7.97. The summed E-state index contributed by atoms with van der Waals surface area (Å²) in [6.45, 7) is 1.16. The third kappa shape index (κ3) is 6.24. The van der Waals surface area contributed by atoms with Gasteiger partial charge >= 0.3 is 0 Å². The number of hydrogen-bond donors (Lipinski definition) is 1. The van der Waals surface area contributed by atoms with E-state index in [4.69, 9.17) is 10.5 Å². The van der Waals surface area contributed by atoms with E-state index >= 15 is 0 Å². The molecule has 182 valence electrons. The number of nitrogens with zero attached hydrogens (tertiary/aromatic N) is 3. The summed E-state index contributed by atoms with van der Waals surface area (Å²) in [4.78, 5) is 42.8. The Balaban J connectivity index is 1.78.